The number of oxazole rings is 1. The standard InChI is InChI=1S/C14H16N2O2S/c1-9-12(11-7-5-4-6-8-11)18-14(16-9)19-10(2)13(17)15-3/h4-8,10H,1-3H3,(H,15,17)/t10-/m0/s1. The Morgan fingerprint density at radius 3 is 2.68 bits per heavy atom. The van der Waals surface area contributed by atoms with E-state index in [4.69, 9.17) is 4.42 Å². The van der Waals surface area contributed by atoms with Gasteiger partial charge in [-0.15, -0.1) is 0 Å². The van der Waals surface area contributed by atoms with Crippen LogP contribution in [0.25, 0.3) is 11.3 Å². The predicted octanol–water partition coefficient (Wildman–Crippen LogP) is 2.88. The number of aryl methyl sites for hydroxylation is 1. The first kappa shape index (κ1) is 13.7. The van der Waals surface area contributed by atoms with Crippen LogP contribution < -0.4 is 5.32 Å². The van der Waals surface area contributed by atoms with Crippen molar-refractivity contribution >= 4 is 17.7 Å². The van der Waals surface area contributed by atoms with Crippen molar-refractivity contribution in [2.45, 2.75) is 24.3 Å². The highest BCUT2D eigenvalue weighted by Gasteiger charge is 2.18. The Bertz CT molecular complexity index is 566. The normalized spacial score (nSPS) is 12.2. The molecule has 4 nitrogen and oxygen atoms in total. The van der Waals surface area contributed by atoms with E-state index in [0.29, 0.717) is 5.22 Å². The van der Waals surface area contributed by atoms with E-state index in [1.165, 1.54) is 11.8 Å². The maximum Gasteiger partial charge on any atom is 0.257 e. The third-order valence-electron chi connectivity index (χ3n) is 2.71. The van der Waals surface area contributed by atoms with Gasteiger partial charge in [0.05, 0.1) is 10.9 Å². The van der Waals surface area contributed by atoms with Gasteiger partial charge in [-0.3, -0.25) is 4.79 Å². The summed E-state index contributed by atoms with van der Waals surface area (Å²) in [7, 11) is 1.62. The van der Waals surface area contributed by atoms with Crippen molar-refractivity contribution in [2.75, 3.05) is 7.05 Å². The first-order chi connectivity index (χ1) is 9.11. The van der Waals surface area contributed by atoms with Crippen LogP contribution in [0.3, 0.4) is 0 Å². The molecular formula is C14H16N2O2S. The summed E-state index contributed by atoms with van der Waals surface area (Å²) >= 11 is 1.32. The number of benzene rings is 1. The van der Waals surface area contributed by atoms with Gasteiger partial charge in [-0.1, -0.05) is 42.1 Å². The molecule has 1 heterocycles. The molecule has 0 saturated heterocycles. The topological polar surface area (TPSA) is 55.1 Å². The fraction of sp³-hybridized carbons (Fsp3) is 0.286. The minimum absolute atomic E-state index is 0.0397. The molecule has 2 aromatic rings. The molecule has 1 atom stereocenters. The highest BCUT2D eigenvalue weighted by molar-refractivity contribution is 8.00. The number of hydrogen-bond acceptors (Lipinski definition) is 4. The molecule has 0 bridgehead atoms. The van der Waals surface area contributed by atoms with Crippen LogP contribution in [0, 0.1) is 6.92 Å². The van der Waals surface area contributed by atoms with Crippen LogP contribution in [0.15, 0.2) is 40.0 Å². The molecule has 0 saturated carbocycles. The van der Waals surface area contributed by atoms with E-state index in [9.17, 15) is 4.79 Å². The Kier molecular flexibility index (Phi) is 4.27. The Labute approximate surface area is 116 Å². The third-order valence-corrected chi connectivity index (χ3v) is 3.65. The Balaban J connectivity index is 2.20. The van der Waals surface area contributed by atoms with Gasteiger partial charge in [-0.25, -0.2) is 4.98 Å². The van der Waals surface area contributed by atoms with Crippen molar-refractivity contribution in [3.63, 3.8) is 0 Å². The van der Waals surface area contributed by atoms with Gasteiger partial charge in [0.2, 0.25) is 5.91 Å². The first-order valence-corrected chi connectivity index (χ1v) is 6.91. The number of rotatable bonds is 4. The van der Waals surface area contributed by atoms with Crippen molar-refractivity contribution in [1.82, 2.24) is 10.3 Å². The summed E-state index contributed by atoms with van der Waals surface area (Å²) in [5, 5.41) is 2.90. The summed E-state index contributed by atoms with van der Waals surface area (Å²) in [5.41, 5.74) is 1.82. The number of hydrogen-bond donors (Lipinski definition) is 1. The first-order valence-electron chi connectivity index (χ1n) is 6.03. The Morgan fingerprint density at radius 2 is 2.05 bits per heavy atom. The lowest BCUT2D eigenvalue weighted by Crippen LogP contribution is -2.27. The molecule has 1 amide bonds. The highest BCUT2D eigenvalue weighted by Crippen LogP contribution is 2.30. The molecule has 1 aromatic carbocycles. The van der Waals surface area contributed by atoms with E-state index in [1.54, 1.807) is 7.05 Å². The van der Waals surface area contributed by atoms with E-state index >= 15 is 0 Å². The van der Waals surface area contributed by atoms with Gasteiger partial charge in [0, 0.05) is 12.6 Å². The van der Waals surface area contributed by atoms with E-state index in [-0.39, 0.29) is 11.2 Å². The van der Waals surface area contributed by atoms with E-state index in [2.05, 4.69) is 10.3 Å². The molecule has 19 heavy (non-hydrogen) atoms. The zero-order valence-corrected chi connectivity index (χ0v) is 12.0. The summed E-state index contributed by atoms with van der Waals surface area (Å²) in [4.78, 5) is 15.8. The molecule has 0 aliphatic heterocycles. The van der Waals surface area contributed by atoms with Crippen molar-refractivity contribution in [3.8, 4) is 11.3 Å². The van der Waals surface area contributed by atoms with Gasteiger partial charge in [-0.2, -0.15) is 0 Å². The summed E-state index contributed by atoms with van der Waals surface area (Å²) in [5.74, 6) is 0.717. The SMILES string of the molecule is CNC(=O)[C@H](C)Sc1nc(C)c(-c2ccccc2)o1. The van der Waals surface area contributed by atoms with Crippen LogP contribution in [-0.2, 0) is 4.79 Å². The Morgan fingerprint density at radius 1 is 1.37 bits per heavy atom. The molecule has 100 valence electrons. The van der Waals surface area contributed by atoms with Crippen molar-refractivity contribution in [2.24, 2.45) is 0 Å². The van der Waals surface area contributed by atoms with Crippen LogP contribution in [-0.4, -0.2) is 23.2 Å². The maximum absolute atomic E-state index is 11.5. The number of nitrogens with one attached hydrogen (secondary N) is 1. The van der Waals surface area contributed by atoms with Crippen molar-refractivity contribution < 1.29 is 9.21 Å². The fourth-order valence-corrected chi connectivity index (χ4v) is 2.54. The molecular weight excluding hydrogens is 260 g/mol. The predicted molar refractivity (Wildman–Crippen MR) is 76.1 cm³/mol. The monoisotopic (exact) mass is 276 g/mol. The molecule has 0 aliphatic rings. The van der Waals surface area contributed by atoms with Crippen LogP contribution in [0.1, 0.15) is 12.6 Å². The largest absolute Gasteiger partial charge is 0.431 e. The molecule has 0 aliphatic carbocycles. The Hall–Kier alpha value is -1.75. The smallest absolute Gasteiger partial charge is 0.257 e. The van der Waals surface area contributed by atoms with Crippen molar-refractivity contribution in [1.29, 1.82) is 0 Å². The van der Waals surface area contributed by atoms with Crippen LogP contribution >= 0.6 is 11.8 Å². The molecule has 2 rings (SSSR count). The second-order valence-electron chi connectivity index (χ2n) is 4.13. The number of carbonyl (C=O) groups is 1. The van der Waals surface area contributed by atoms with Gasteiger partial charge >= 0.3 is 0 Å². The number of thioether (sulfide) groups is 1. The second-order valence-corrected chi connectivity index (χ2v) is 5.43. The van der Waals surface area contributed by atoms with Gasteiger partial charge in [0.1, 0.15) is 0 Å². The number of amides is 1. The van der Waals surface area contributed by atoms with Crippen molar-refractivity contribution in [3.05, 3.63) is 36.0 Å². The summed E-state index contributed by atoms with van der Waals surface area (Å²) in [6.45, 7) is 3.73. The van der Waals surface area contributed by atoms with E-state index < -0.39 is 0 Å². The summed E-state index contributed by atoms with van der Waals surface area (Å²) in [6.07, 6.45) is 0. The molecule has 0 radical (unpaired) electrons. The van der Waals surface area contributed by atoms with Gasteiger partial charge in [-0.05, 0) is 13.8 Å². The van der Waals surface area contributed by atoms with Gasteiger partial charge < -0.3 is 9.73 Å². The quantitative estimate of drug-likeness (QED) is 0.872. The average molecular weight is 276 g/mol. The zero-order chi connectivity index (χ0) is 13.8. The van der Waals surface area contributed by atoms with Crippen LogP contribution in [0.4, 0.5) is 0 Å². The third kappa shape index (κ3) is 3.17. The lowest BCUT2D eigenvalue weighted by Gasteiger charge is -2.05. The lowest BCUT2D eigenvalue weighted by molar-refractivity contribution is -0.119. The van der Waals surface area contributed by atoms with Gasteiger partial charge in [0.25, 0.3) is 5.22 Å². The molecule has 5 heteroatoms. The fourth-order valence-electron chi connectivity index (χ4n) is 1.69. The maximum atomic E-state index is 11.5. The molecule has 1 N–H and O–H groups in total. The van der Waals surface area contributed by atoms with Crippen LogP contribution in [0.5, 0.6) is 0 Å². The lowest BCUT2D eigenvalue weighted by atomic mass is 10.1. The molecule has 0 spiro atoms. The minimum atomic E-state index is -0.230. The second kappa shape index (κ2) is 5.93. The summed E-state index contributed by atoms with van der Waals surface area (Å²) < 4.78 is 5.74. The zero-order valence-electron chi connectivity index (χ0n) is 11.1. The highest BCUT2D eigenvalue weighted by atomic mass is 32.2. The molecule has 0 fully saturated rings. The molecule has 1 aromatic heterocycles. The molecule has 0 unspecified atom stereocenters. The van der Waals surface area contributed by atoms with Gasteiger partial charge in [0.15, 0.2) is 5.76 Å². The summed E-state index contributed by atoms with van der Waals surface area (Å²) in [6, 6.07) is 9.82. The van der Waals surface area contributed by atoms with E-state index in [0.717, 1.165) is 17.0 Å². The number of carbonyl (C=O) groups excluding carboxylic acids is 1. The number of nitrogens with zero attached hydrogens (tertiary/aromatic N) is 1. The average Bonchev–Trinajstić information content (AvgIpc) is 2.79. The minimum Gasteiger partial charge on any atom is -0.431 e. The number of aromatic nitrogens is 1. The van der Waals surface area contributed by atoms with E-state index in [1.807, 2.05) is 44.2 Å². The van der Waals surface area contributed by atoms with Crippen LogP contribution in [0.2, 0.25) is 0 Å².